The number of nitrogens with one attached hydrogen (secondary N) is 3. The maximum atomic E-state index is 14.3. The van der Waals surface area contributed by atoms with Crippen molar-refractivity contribution in [1.82, 2.24) is 9.97 Å². The number of allylic oxidation sites excluding steroid dienone is 1. The Morgan fingerprint density at radius 3 is 2.79 bits per heavy atom. The highest BCUT2D eigenvalue weighted by molar-refractivity contribution is 5.98. The number of nitrogens with zero attached hydrogens (tertiary/aromatic N) is 2. The summed E-state index contributed by atoms with van der Waals surface area (Å²) in [7, 11) is 0. The van der Waals surface area contributed by atoms with Crippen molar-refractivity contribution in [3.63, 3.8) is 0 Å². The minimum Gasteiger partial charge on any atom is -0.365 e. The van der Waals surface area contributed by atoms with Crippen LogP contribution in [-0.4, -0.2) is 28.0 Å². The van der Waals surface area contributed by atoms with Gasteiger partial charge in [-0.05, 0) is 44.2 Å². The molecule has 154 valence electrons. The maximum Gasteiger partial charge on any atom is 0.254 e. The lowest BCUT2D eigenvalue weighted by Crippen LogP contribution is -2.43. The number of nitrogens with two attached hydrogens (primary N) is 2. The molecule has 1 amide bonds. The summed E-state index contributed by atoms with van der Waals surface area (Å²) in [6, 6.07) is 4.65. The number of anilines is 4. The van der Waals surface area contributed by atoms with Crippen LogP contribution in [0.1, 0.15) is 43.0 Å². The number of halogens is 1. The summed E-state index contributed by atoms with van der Waals surface area (Å²) in [6.45, 7) is 1.83. The number of carbonyl (C=O) groups excluding carboxylic acids is 1. The van der Waals surface area contributed by atoms with Gasteiger partial charge in [0.25, 0.3) is 5.91 Å². The van der Waals surface area contributed by atoms with E-state index in [2.05, 4.69) is 25.9 Å². The Balaban J connectivity index is 1.83. The molecule has 0 saturated heterocycles. The summed E-state index contributed by atoms with van der Waals surface area (Å²) in [4.78, 5) is 20.3. The van der Waals surface area contributed by atoms with Crippen LogP contribution >= 0.6 is 0 Å². The van der Waals surface area contributed by atoms with Crippen LogP contribution in [0.3, 0.4) is 0 Å². The average Bonchev–Trinajstić information content (AvgIpc) is 2.69. The Morgan fingerprint density at radius 2 is 2.10 bits per heavy atom. The molecule has 0 bridgehead atoms. The van der Waals surface area contributed by atoms with Gasteiger partial charge in [0.15, 0.2) is 0 Å². The molecule has 0 aliphatic heterocycles. The molecule has 1 aliphatic rings. The smallest absolute Gasteiger partial charge is 0.254 e. The van der Waals surface area contributed by atoms with Gasteiger partial charge in [0.1, 0.15) is 17.2 Å². The van der Waals surface area contributed by atoms with E-state index >= 15 is 0 Å². The third-order valence-corrected chi connectivity index (χ3v) is 4.83. The fourth-order valence-electron chi connectivity index (χ4n) is 3.25. The third kappa shape index (κ3) is 5.20. The second kappa shape index (κ2) is 9.33. The van der Waals surface area contributed by atoms with Crippen molar-refractivity contribution in [3.8, 4) is 0 Å². The Bertz CT molecular complexity index is 902. The Morgan fingerprint density at radius 1 is 1.31 bits per heavy atom. The second-order valence-corrected chi connectivity index (χ2v) is 6.98. The van der Waals surface area contributed by atoms with Gasteiger partial charge in [-0.1, -0.05) is 18.9 Å². The molecule has 9 heteroatoms. The fourth-order valence-corrected chi connectivity index (χ4v) is 3.25. The van der Waals surface area contributed by atoms with Crippen LogP contribution in [0.2, 0.25) is 0 Å². The van der Waals surface area contributed by atoms with E-state index < -0.39 is 11.7 Å². The van der Waals surface area contributed by atoms with Crippen molar-refractivity contribution in [3.05, 3.63) is 48.1 Å². The molecular weight excluding hydrogens is 373 g/mol. The second-order valence-electron chi connectivity index (χ2n) is 6.98. The Kier molecular flexibility index (Phi) is 6.61. The van der Waals surface area contributed by atoms with Crippen LogP contribution in [0.15, 0.2) is 36.7 Å². The number of carbonyl (C=O) groups is 1. The topological polar surface area (TPSA) is 131 Å². The zero-order chi connectivity index (χ0) is 20.8. The van der Waals surface area contributed by atoms with E-state index in [0.717, 1.165) is 25.7 Å². The van der Waals surface area contributed by atoms with Gasteiger partial charge < -0.3 is 27.4 Å². The predicted octanol–water partition coefficient (Wildman–Crippen LogP) is 3.09. The van der Waals surface area contributed by atoms with Gasteiger partial charge in [-0.3, -0.25) is 4.79 Å². The Hall–Kier alpha value is -3.20. The number of primary amides is 1. The van der Waals surface area contributed by atoms with Crippen LogP contribution < -0.4 is 27.4 Å². The SMILES string of the molecule is C/C=C\Nc1ccc(Nc2nc(N[C@@H]3CCCC[C@@H]3N)ncc2C(N)=O)cc1F. The van der Waals surface area contributed by atoms with Crippen molar-refractivity contribution in [1.29, 1.82) is 0 Å². The average molecular weight is 399 g/mol. The van der Waals surface area contributed by atoms with Crippen LogP contribution in [0.5, 0.6) is 0 Å². The van der Waals surface area contributed by atoms with Crippen molar-refractivity contribution >= 4 is 29.0 Å². The molecule has 8 nitrogen and oxygen atoms in total. The minimum absolute atomic E-state index is 0.0193. The number of benzene rings is 1. The molecule has 1 fully saturated rings. The van der Waals surface area contributed by atoms with E-state index in [0.29, 0.717) is 17.3 Å². The molecule has 2 aromatic rings. The minimum atomic E-state index is -0.680. The van der Waals surface area contributed by atoms with Crippen LogP contribution in [0, 0.1) is 5.82 Å². The molecule has 7 N–H and O–H groups in total. The summed E-state index contributed by atoms with van der Waals surface area (Å²) in [6.07, 6.45) is 8.81. The van der Waals surface area contributed by atoms with Crippen LogP contribution in [0.25, 0.3) is 0 Å². The molecule has 2 atom stereocenters. The molecule has 1 aromatic heterocycles. The summed E-state index contributed by atoms with van der Waals surface area (Å²) < 4.78 is 14.3. The third-order valence-electron chi connectivity index (χ3n) is 4.83. The maximum absolute atomic E-state index is 14.3. The summed E-state index contributed by atoms with van der Waals surface area (Å²) in [5, 5.41) is 9.03. The van der Waals surface area contributed by atoms with Crippen molar-refractivity contribution < 1.29 is 9.18 Å². The highest BCUT2D eigenvalue weighted by Crippen LogP contribution is 2.25. The van der Waals surface area contributed by atoms with Gasteiger partial charge in [-0.2, -0.15) is 4.98 Å². The van der Waals surface area contributed by atoms with Gasteiger partial charge in [0, 0.05) is 24.0 Å². The predicted molar refractivity (Wildman–Crippen MR) is 113 cm³/mol. The summed E-state index contributed by atoms with van der Waals surface area (Å²) in [5.74, 6) is -0.589. The highest BCUT2D eigenvalue weighted by atomic mass is 19.1. The lowest BCUT2D eigenvalue weighted by molar-refractivity contribution is 0.100. The molecule has 0 unspecified atom stereocenters. The molecule has 0 spiro atoms. The van der Waals surface area contributed by atoms with Gasteiger partial charge >= 0.3 is 0 Å². The number of rotatable bonds is 7. The van der Waals surface area contributed by atoms with Crippen molar-refractivity contribution in [2.45, 2.75) is 44.7 Å². The monoisotopic (exact) mass is 399 g/mol. The molecular formula is C20H26FN7O. The quantitative estimate of drug-likeness (QED) is 0.483. The van der Waals surface area contributed by atoms with Gasteiger partial charge in [0.2, 0.25) is 5.95 Å². The normalized spacial score (nSPS) is 19.1. The zero-order valence-electron chi connectivity index (χ0n) is 16.3. The molecule has 29 heavy (non-hydrogen) atoms. The van der Waals surface area contributed by atoms with E-state index in [1.54, 1.807) is 24.4 Å². The molecule has 1 heterocycles. The lowest BCUT2D eigenvalue weighted by atomic mass is 9.91. The zero-order valence-corrected chi connectivity index (χ0v) is 16.3. The van der Waals surface area contributed by atoms with E-state index in [9.17, 15) is 9.18 Å². The van der Waals surface area contributed by atoms with Crippen LogP contribution in [0.4, 0.5) is 27.5 Å². The largest absolute Gasteiger partial charge is 0.365 e. The van der Waals surface area contributed by atoms with E-state index in [1.807, 2.05) is 6.92 Å². The summed E-state index contributed by atoms with van der Waals surface area (Å²) >= 11 is 0. The number of amides is 1. The van der Waals surface area contributed by atoms with Crippen molar-refractivity contribution in [2.24, 2.45) is 11.5 Å². The van der Waals surface area contributed by atoms with Crippen molar-refractivity contribution in [2.75, 3.05) is 16.0 Å². The molecule has 1 saturated carbocycles. The molecule has 1 aromatic carbocycles. The Labute approximate surface area is 169 Å². The molecule has 0 radical (unpaired) electrons. The highest BCUT2D eigenvalue weighted by Gasteiger charge is 2.23. The molecule has 3 rings (SSSR count). The first-order valence-corrected chi connectivity index (χ1v) is 9.61. The van der Waals surface area contributed by atoms with E-state index in [1.165, 1.54) is 12.3 Å². The lowest BCUT2D eigenvalue weighted by Gasteiger charge is -2.29. The first-order valence-electron chi connectivity index (χ1n) is 9.61. The number of hydrogen-bond acceptors (Lipinski definition) is 7. The van der Waals surface area contributed by atoms with E-state index in [4.69, 9.17) is 11.5 Å². The molecule has 1 aliphatic carbocycles. The fraction of sp³-hybridized carbons (Fsp3) is 0.350. The van der Waals surface area contributed by atoms with Gasteiger partial charge in [-0.25, -0.2) is 9.37 Å². The summed E-state index contributed by atoms with van der Waals surface area (Å²) in [5.41, 5.74) is 12.5. The number of hydrogen-bond donors (Lipinski definition) is 5. The standard InChI is InChI=1S/C20H26FN7O/c1-2-9-24-16-8-7-12(10-14(16)21)26-19-13(18(23)29)11-25-20(28-19)27-17-6-4-3-5-15(17)22/h2,7-11,15,17,24H,3-6,22H2,1H3,(H2,23,29)(H2,25,26,27,28)/b9-2-/t15-,17+/m0/s1. The van der Waals surface area contributed by atoms with Gasteiger partial charge in [-0.15, -0.1) is 0 Å². The van der Waals surface area contributed by atoms with Gasteiger partial charge in [0.05, 0.1) is 5.69 Å². The van der Waals surface area contributed by atoms with Crippen LogP contribution in [-0.2, 0) is 0 Å². The first kappa shape index (κ1) is 20.5. The van der Waals surface area contributed by atoms with E-state index in [-0.39, 0.29) is 23.5 Å². The number of aromatic nitrogens is 2. The first-order chi connectivity index (χ1) is 14.0.